The molecule has 0 aliphatic carbocycles. The molecule has 0 saturated carbocycles. The van der Waals surface area contributed by atoms with Gasteiger partial charge < -0.3 is 4.57 Å². The lowest BCUT2D eigenvalue weighted by Crippen LogP contribution is -2.07. The van der Waals surface area contributed by atoms with Gasteiger partial charge in [0, 0.05) is 38.4 Å². The molecule has 0 atom stereocenters. The summed E-state index contributed by atoms with van der Waals surface area (Å²) in [5.41, 5.74) is 23.2. The Bertz CT molecular complexity index is 7340. The Morgan fingerprint density at radius 1 is 0.173 bits per heavy atom. The summed E-state index contributed by atoms with van der Waals surface area (Å²) < 4.78 is 4.75. The van der Waals surface area contributed by atoms with Crippen molar-refractivity contribution in [3.8, 4) is 112 Å². The molecule has 22 aromatic rings. The quantitative estimate of drug-likeness (QED) is 0.130. The number of benzene rings is 19. The van der Waals surface area contributed by atoms with Crippen LogP contribution >= 0.6 is 0 Å². The van der Waals surface area contributed by atoms with E-state index in [0.29, 0.717) is 17.6 Å². The average Bonchev–Trinajstić information content (AvgIpc) is 1.53. The van der Waals surface area contributed by atoms with Gasteiger partial charge in [-0.1, -0.05) is 352 Å². The summed E-state index contributed by atoms with van der Waals surface area (Å²) in [5, 5.41) is 18.9. The van der Waals surface area contributed by atoms with Crippen LogP contribution in [0.2, 0.25) is 0 Å². The van der Waals surface area contributed by atoms with Gasteiger partial charge in [-0.3, -0.25) is 4.57 Å². The minimum atomic E-state index is 0.512. The van der Waals surface area contributed by atoms with Gasteiger partial charge in [0.1, 0.15) is 0 Å². The van der Waals surface area contributed by atoms with Gasteiger partial charge in [0.2, 0.25) is 5.95 Å². The second-order valence-corrected chi connectivity index (χ2v) is 28.8. The fourth-order valence-corrected chi connectivity index (χ4v) is 17.8. The van der Waals surface area contributed by atoms with Gasteiger partial charge in [-0.25, -0.2) is 4.98 Å². The van der Waals surface area contributed by atoms with Crippen LogP contribution in [0.3, 0.4) is 0 Å². The number of hydrogen-bond acceptors (Lipinski definition) is 3. The molecule has 0 radical (unpaired) electrons. The van der Waals surface area contributed by atoms with Crippen molar-refractivity contribution in [2.24, 2.45) is 0 Å². The Hall–Kier alpha value is -14.7. The highest BCUT2D eigenvalue weighted by atomic mass is 15.2. The van der Waals surface area contributed by atoms with E-state index in [2.05, 4.69) is 397 Å². The summed E-state index contributed by atoms with van der Waals surface area (Å²) in [6.45, 7) is 0. The van der Waals surface area contributed by atoms with E-state index >= 15 is 0 Å². The Kier molecular flexibility index (Phi) is 14.6. The van der Waals surface area contributed by atoms with E-state index in [-0.39, 0.29) is 0 Å². The van der Waals surface area contributed by atoms with Crippen LogP contribution in [0, 0.1) is 0 Å². The molecule has 510 valence electrons. The van der Waals surface area contributed by atoms with Gasteiger partial charge in [-0.2, -0.15) is 9.97 Å². The lowest BCUT2D eigenvalue weighted by Gasteiger charge is -2.18. The molecule has 0 saturated heterocycles. The summed E-state index contributed by atoms with van der Waals surface area (Å²) in [4.78, 5) is 16.9. The molecule has 22 rings (SSSR count). The first kappa shape index (κ1) is 62.7. The number of fused-ring (bicyclic) bond motifs is 13. The smallest absolute Gasteiger partial charge is 0.238 e. The summed E-state index contributed by atoms with van der Waals surface area (Å²) in [7, 11) is 0. The van der Waals surface area contributed by atoms with Crippen molar-refractivity contribution >= 4 is 108 Å². The molecular weight excluding hydrogens is 1330 g/mol. The maximum atomic E-state index is 5.76. The molecule has 0 aliphatic heterocycles. The van der Waals surface area contributed by atoms with Gasteiger partial charge in [0.15, 0.2) is 11.6 Å². The van der Waals surface area contributed by atoms with Crippen molar-refractivity contribution in [1.82, 2.24) is 24.1 Å². The maximum Gasteiger partial charge on any atom is 0.238 e. The Balaban J connectivity index is 0.747. The van der Waals surface area contributed by atoms with Crippen molar-refractivity contribution in [2.45, 2.75) is 0 Å². The highest BCUT2D eigenvalue weighted by Crippen LogP contribution is 2.49. The van der Waals surface area contributed by atoms with Crippen LogP contribution in [0.5, 0.6) is 0 Å². The average molecular weight is 1400 g/mol. The van der Waals surface area contributed by atoms with E-state index in [4.69, 9.17) is 15.0 Å². The Morgan fingerprint density at radius 2 is 0.518 bits per heavy atom. The maximum absolute atomic E-state index is 5.76. The topological polar surface area (TPSA) is 48.5 Å². The van der Waals surface area contributed by atoms with E-state index in [1.54, 1.807) is 0 Å². The SMILES string of the molecule is c1ccc(-c2nc(-c3cccc(-c4ccc(-c5cccc6ccccc56)c5c(-c6cccc7ccccc67)cccc45)c3)nc(-n3c4ccc(-c5cccc(-c6ccc(-c7cccc8ccccc78)c7c(-c8cccc9ccccc89)cccc67)c5)cc4c4ccc5c6ccccc6n(-c6ccccc6)c5c43)n2)cc1. The predicted molar refractivity (Wildman–Crippen MR) is 462 cm³/mol. The minimum absolute atomic E-state index is 0.512. The molecule has 110 heavy (non-hydrogen) atoms. The molecule has 0 bridgehead atoms. The molecule has 0 N–H and O–H groups in total. The highest BCUT2D eigenvalue weighted by molar-refractivity contribution is 6.25. The first-order valence-electron chi connectivity index (χ1n) is 37.7. The second kappa shape index (κ2) is 25.6. The molecule has 19 aromatic carbocycles. The molecule has 3 aromatic heterocycles. The van der Waals surface area contributed by atoms with Crippen LogP contribution in [0.25, 0.3) is 221 Å². The molecule has 5 nitrogen and oxygen atoms in total. The van der Waals surface area contributed by atoms with Crippen molar-refractivity contribution < 1.29 is 0 Å². The molecule has 0 unspecified atom stereocenters. The molecule has 0 fully saturated rings. The van der Waals surface area contributed by atoms with E-state index in [1.165, 1.54) is 109 Å². The molecule has 0 spiro atoms. The van der Waals surface area contributed by atoms with E-state index in [9.17, 15) is 0 Å². The largest absolute Gasteiger partial charge is 0.307 e. The summed E-state index contributed by atoms with van der Waals surface area (Å²) in [5.74, 6) is 1.64. The van der Waals surface area contributed by atoms with Crippen molar-refractivity contribution in [3.05, 3.63) is 394 Å². The van der Waals surface area contributed by atoms with Gasteiger partial charge >= 0.3 is 0 Å². The molecule has 3 heterocycles. The fraction of sp³-hybridized carbons (Fsp3) is 0. The third kappa shape index (κ3) is 10.1. The van der Waals surface area contributed by atoms with Crippen molar-refractivity contribution in [2.75, 3.05) is 0 Å². The van der Waals surface area contributed by atoms with Crippen LogP contribution in [0.4, 0.5) is 0 Å². The second-order valence-electron chi connectivity index (χ2n) is 28.8. The lowest BCUT2D eigenvalue weighted by molar-refractivity contribution is 0.953. The van der Waals surface area contributed by atoms with Crippen LogP contribution in [0.15, 0.2) is 394 Å². The van der Waals surface area contributed by atoms with E-state index < -0.39 is 0 Å². The number of para-hydroxylation sites is 2. The third-order valence-electron chi connectivity index (χ3n) is 22.8. The molecular formula is C105H65N5. The lowest BCUT2D eigenvalue weighted by atomic mass is 9.85. The molecule has 0 aliphatic rings. The number of hydrogen-bond donors (Lipinski definition) is 0. The van der Waals surface area contributed by atoms with Crippen LogP contribution in [-0.4, -0.2) is 24.1 Å². The first-order chi connectivity index (χ1) is 54.6. The van der Waals surface area contributed by atoms with Crippen LogP contribution in [0.1, 0.15) is 0 Å². The normalized spacial score (nSPS) is 11.8. The molecule has 5 heteroatoms. The van der Waals surface area contributed by atoms with Gasteiger partial charge in [-0.15, -0.1) is 0 Å². The Morgan fingerprint density at radius 3 is 1.05 bits per heavy atom. The summed E-state index contributed by atoms with van der Waals surface area (Å²) in [6, 6.07) is 144. The zero-order valence-corrected chi connectivity index (χ0v) is 59.8. The summed E-state index contributed by atoms with van der Waals surface area (Å²) >= 11 is 0. The van der Waals surface area contributed by atoms with Gasteiger partial charge in [0.05, 0.1) is 22.1 Å². The third-order valence-corrected chi connectivity index (χ3v) is 22.8. The van der Waals surface area contributed by atoms with Crippen molar-refractivity contribution in [3.63, 3.8) is 0 Å². The monoisotopic (exact) mass is 1400 g/mol. The van der Waals surface area contributed by atoms with Crippen LogP contribution in [-0.2, 0) is 0 Å². The van der Waals surface area contributed by atoms with Gasteiger partial charge in [0.25, 0.3) is 0 Å². The fourth-order valence-electron chi connectivity index (χ4n) is 17.8. The van der Waals surface area contributed by atoms with E-state index in [1.807, 2.05) is 6.07 Å². The van der Waals surface area contributed by atoms with Gasteiger partial charge in [-0.05, 0) is 185 Å². The zero-order chi connectivity index (χ0) is 72.3. The zero-order valence-electron chi connectivity index (χ0n) is 59.8. The first-order valence-corrected chi connectivity index (χ1v) is 37.7. The molecule has 0 amide bonds. The minimum Gasteiger partial charge on any atom is -0.307 e. The number of nitrogens with zero attached hydrogens (tertiary/aromatic N) is 5. The predicted octanol–water partition coefficient (Wildman–Crippen LogP) is 28.0. The standard InChI is InChI=1S/C105H65N5/c1-3-29-70(30-4-1)103-106-104(75-38-18-37-74(64-75)82-57-59-93(86-49-22-34-69-28-10-14-44-80(69)86)100-89(82)51-24-53-91(100)84-47-20-32-67-26-8-12-42-78(67)84)108-105(107-103)110-98-62-55-72(65-96(98)95-61-60-94-87-45-15-16-54-97(87)109(101(94)102(95)110)76-39-5-2-6-40-76)71-35-17-36-73(63-71)81-56-58-92(85-48-21-33-68-27-9-13-43-79(68)85)99-88(81)50-23-52-90(99)83-46-19-31-66-25-7-11-41-77(66)83/h1-65H. The highest BCUT2D eigenvalue weighted by Gasteiger charge is 2.27. The van der Waals surface area contributed by atoms with Crippen molar-refractivity contribution in [1.29, 1.82) is 0 Å². The Labute approximate surface area is 634 Å². The van der Waals surface area contributed by atoms with E-state index in [0.717, 1.165) is 93.6 Å². The number of rotatable bonds is 11. The van der Waals surface area contributed by atoms with Crippen LogP contribution < -0.4 is 0 Å². The number of aromatic nitrogens is 5. The summed E-state index contributed by atoms with van der Waals surface area (Å²) in [6.07, 6.45) is 0.